The van der Waals surface area contributed by atoms with Crippen molar-refractivity contribution in [1.82, 2.24) is 0 Å². The molecule has 29 heavy (non-hydrogen) atoms. The molecule has 0 aromatic heterocycles. The number of thioether (sulfide) groups is 1. The fourth-order valence-electron chi connectivity index (χ4n) is 2.73. The van der Waals surface area contributed by atoms with Crippen molar-refractivity contribution in [2.75, 3.05) is 16.0 Å². The summed E-state index contributed by atoms with van der Waals surface area (Å²) in [7, 11) is 0. The van der Waals surface area contributed by atoms with Gasteiger partial charge in [-0.1, -0.05) is 6.07 Å². The lowest BCUT2D eigenvalue weighted by atomic mass is 10.2. The maximum Gasteiger partial charge on any atom is 0.416 e. The van der Waals surface area contributed by atoms with Gasteiger partial charge in [0.25, 0.3) is 0 Å². The summed E-state index contributed by atoms with van der Waals surface area (Å²) in [6.45, 7) is 0. The number of nitrogens with one attached hydrogen (secondary N) is 1. The minimum Gasteiger partial charge on any atom is -0.325 e. The normalized spacial score (nSPS) is 17.0. The Morgan fingerprint density at radius 2 is 1.83 bits per heavy atom. The standard InChI is InChI=1S/C19H14F4N2O3S/c20-12-4-6-13(7-5-12)24-16(26)10-29-15-9-17(27)25(18(15)28)14-3-1-2-11(8-14)19(21,22)23/h1-8,15H,9-10H2,(H,24,26). The second-order valence-electron chi connectivity index (χ2n) is 6.17. The Balaban J connectivity index is 1.63. The molecule has 3 rings (SSSR count). The van der Waals surface area contributed by atoms with E-state index in [1.807, 2.05) is 0 Å². The molecule has 3 amide bonds. The van der Waals surface area contributed by atoms with E-state index in [-0.39, 0.29) is 17.9 Å². The van der Waals surface area contributed by atoms with E-state index in [1.165, 1.54) is 30.3 Å². The number of rotatable bonds is 5. The molecule has 1 atom stereocenters. The molecule has 152 valence electrons. The van der Waals surface area contributed by atoms with Gasteiger partial charge in [-0.25, -0.2) is 9.29 Å². The molecular formula is C19H14F4N2O3S. The zero-order valence-electron chi connectivity index (χ0n) is 14.7. The van der Waals surface area contributed by atoms with E-state index in [1.54, 1.807) is 0 Å². The Morgan fingerprint density at radius 3 is 2.48 bits per heavy atom. The summed E-state index contributed by atoms with van der Waals surface area (Å²) >= 11 is 0.914. The summed E-state index contributed by atoms with van der Waals surface area (Å²) in [4.78, 5) is 37.4. The lowest BCUT2D eigenvalue weighted by Crippen LogP contribution is -2.31. The molecule has 10 heteroatoms. The summed E-state index contributed by atoms with van der Waals surface area (Å²) < 4.78 is 51.5. The zero-order valence-corrected chi connectivity index (χ0v) is 15.5. The largest absolute Gasteiger partial charge is 0.416 e. The summed E-state index contributed by atoms with van der Waals surface area (Å²) in [5.41, 5.74) is -0.754. The molecule has 5 nitrogen and oxygen atoms in total. The Labute approximate surface area is 167 Å². The van der Waals surface area contributed by atoms with Crippen LogP contribution in [0, 0.1) is 5.82 Å². The third kappa shape index (κ3) is 4.94. The van der Waals surface area contributed by atoms with Crippen LogP contribution in [-0.4, -0.2) is 28.7 Å². The monoisotopic (exact) mass is 426 g/mol. The molecule has 1 N–H and O–H groups in total. The number of anilines is 2. The fraction of sp³-hybridized carbons (Fsp3) is 0.211. The molecule has 2 aromatic rings. The summed E-state index contributed by atoms with van der Waals surface area (Å²) in [5, 5.41) is 1.65. The van der Waals surface area contributed by atoms with E-state index in [0.717, 1.165) is 30.0 Å². The van der Waals surface area contributed by atoms with Crippen LogP contribution in [0.25, 0.3) is 0 Å². The fourth-order valence-corrected chi connectivity index (χ4v) is 3.67. The molecule has 0 aliphatic carbocycles. The van der Waals surface area contributed by atoms with Gasteiger partial charge in [0.2, 0.25) is 17.7 Å². The first-order chi connectivity index (χ1) is 13.6. The van der Waals surface area contributed by atoms with Crippen LogP contribution in [0.4, 0.5) is 28.9 Å². The maximum atomic E-state index is 12.9. The van der Waals surface area contributed by atoms with Crippen molar-refractivity contribution in [3.8, 4) is 0 Å². The van der Waals surface area contributed by atoms with Gasteiger partial charge in [-0.15, -0.1) is 11.8 Å². The molecule has 2 aromatic carbocycles. The van der Waals surface area contributed by atoms with E-state index in [9.17, 15) is 31.9 Å². The molecule has 1 saturated heterocycles. The minimum atomic E-state index is -4.60. The summed E-state index contributed by atoms with van der Waals surface area (Å²) in [5.74, 6) is -2.38. The number of alkyl halides is 3. The van der Waals surface area contributed by atoms with Gasteiger partial charge in [0.05, 0.1) is 22.3 Å². The number of carbonyl (C=O) groups excluding carboxylic acids is 3. The SMILES string of the molecule is O=C(CSC1CC(=O)N(c2cccc(C(F)(F)F)c2)C1=O)Nc1ccc(F)cc1. The van der Waals surface area contributed by atoms with Gasteiger partial charge in [-0.3, -0.25) is 14.4 Å². The van der Waals surface area contributed by atoms with Gasteiger partial charge in [-0.05, 0) is 42.5 Å². The van der Waals surface area contributed by atoms with Gasteiger partial charge in [0, 0.05) is 12.1 Å². The van der Waals surface area contributed by atoms with E-state index >= 15 is 0 Å². The predicted molar refractivity (Wildman–Crippen MR) is 99.8 cm³/mol. The topological polar surface area (TPSA) is 66.5 Å². The Kier molecular flexibility index (Phi) is 5.92. The summed E-state index contributed by atoms with van der Waals surface area (Å²) in [6.07, 6.45) is -4.82. The first-order valence-corrected chi connectivity index (χ1v) is 9.41. The van der Waals surface area contributed by atoms with Gasteiger partial charge < -0.3 is 5.32 Å². The molecular weight excluding hydrogens is 412 g/mol. The predicted octanol–water partition coefficient (Wildman–Crippen LogP) is 3.85. The lowest BCUT2D eigenvalue weighted by Gasteiger charge is -2.16. The molecule has 1 heterocycles. The van der Waals surface area contributed by atoms with Crippen molar-refractivity contribution < 1.29 is 31.9 Å². The highest BCUT2D eigenvalue weighted by Crippen LogP contribution is 2.34. The van der Waals surface area contributed by atoms with Crippen LogP contribution in [0.2, 0.25) is 0 Å². The van der Waals surface area contributed by atoms with E-state index in [2.05, 4.69) is 5.32 Å². The quantitative estimate of drug-likeness (QED) is 0.583. The van der Waals surface area contributed by atoms with Crippen LogP contribution < -0.4 is 10.2 Å². The number of imide groups is 1. The third-order valence-electron chi connectivity index (χ3n) is 4.08. The van der Waals surface area contributed by atoms with E-state index < -0.39 is 40.5 Å². The molecule has 0 bridgehead atoms. The van der Waals surface area contributed by atoms with Crippen LogP contribution in [0.1, 0.15) is 12.0 Å². The first-order valence-electron chi connectivity index (χ1n) is 8.36. The molecule has 0 spiro atoms. The van der Waals surface area contributed by atoms with Crippen molar-refractivity contribution in [2.24, 2.45) is 0 Å². The average Bonchev–Trinajstić information content (AvgIpc) is 2.95. The number of carbonyl (C=O) groups is 3. The zero-order chi connectivity index (χ0) is 21.2. The number of amides is 3. The molecule has 0 saturated carbocycles. The van der Waals surface area contributed by atoms with Crippen LogP contribution in [0.5, 0.6) is 0 Å². The van der Waals surface area contributed by atoms with Crippen molar-refractivity contribution in [3.63, 3.8) is 0 Å². The van der Waals surface area contributed by atoms with E-state index in [4.69, 9.17) is 0 Å². The lowest BCUT2D eigenvalue weighted by molar-refractivity contribution is -0.137. The number of hydrogen-bond acceptors (Lipinski definition) is 4. The second kappa shape index (κ2) is 8.24. The maximum absolute atomic E-state index is 12.9. The van der Waals surface area contributed by atoms with Crippen molar-refractivity contribution >= 4 is 40.9 Å². The number of hydrogen-bond donors (Lipinski definition) is 1. The van der Waals surface area contributed by atoms with Crippen LogP contribution in [-0.2, 0) is 20.6 Å². The third-order valence-corrected chi connectivity index (χ3v) is 5.28. The highest BCUT2D eigenvalue weighted by Gasteiger charge is 2.41. The Morgan fingerprint density at radius 1 is 1.14 bits per heavy atom. The second-order valence-corrected chi connectivity index (χ2v) is 7.37. The summed E-state index contributed by atoms with van der Waals surface area (Å²) in [6, 6.07) is 9.05. The van der Waals surface area contributed by atoms with Gasteiger partial charge in [0.15, 0.2) is 0 Å². The van der Waals surface area contributed by atoms with Crippen molar-refractivity contribution in [1.29, 1.82) is 0 Å². The van der Waals surface area contributed by atoms with Crippen LogP contribution in [0.15, 0.2) is 48.5 Å². The minimum absolute atomic E-state index is 0.155. The van der Waals surface area contributed by atoms with Crippen molar-refractivity contribution in [3.05, 3.63) is 59.9 Å². The number of nitrogens with zero attached hydrogens (tertiary/aromatic N) is 1. The highest BCUT2D eigenvalue weighted by molar-refractivity contribution is 8.01. The van der Waals surface area contributed by atoms with Crippen LogP contribution in [0.3, 0.4) is 0 Å². The average molecular weight is 426 g/mol. The van der Waals surface area contributed by atoms with Crippen LogP contribution >= 0.6 is 11.8 Å². The number of benzene rings is 2. The molecule has 1 fully saturated rings. The Hall–Kier alpha value is -2.88. The first kappa shape index (κ1) is 20.8. The molecule has 1 unspecified atom stereocenters. The smallest absolute Gasteiger partial charge is 0.325 e. The molecule has 1 aliphatic heterocycles. The molecule has 0 radical (unpaired) electrons. The van der Waals surface area contributed by atoms with Crippen molar-refractivity contribution in [2.45, 2.75) is 17.8 Å². The van der Waals surface area contributed by atoms with Gasteiger partial charge in [0.1, 0.15) is 5.82 Å². The highest BCUT2D eigenvalue weighted by atomic mass is 32.2. The molecule has 1 aliphatic rings. The van der Waals surface area contributed by atoms with Gasteiger partial charge in [-0.2, -0.15) is 13.2 Å². The van der Waals surface area contributed by atoms with E-state index in [0.29, 0.717) is 10.6 Å². The van der Waals surface area contributed by atoms with Gasteiger partial charge >= 0.3 is 6.18 Å². The number of halogens is 4. The Bertz CT molecular complexity index is 947.